The van der Waals surface area contributed by atoms with Crippen LogP contribution in [0.5, 0.6) is 5.75 Å². The quantitative estimate of drug-likeness (QED) is 0.490. The molecule has 0 aliphatic rings. The van der Waals surface area contributed by atoms with E-state index < -0.39 is 6.67 Å². The molecule has 0 spiro atoms. The fourth-order valence-corrected chi connectivity index (χ4v) is 1.15. The molecule has 0 radical (unpaired) electrons. The molecule has 0 saturated heterocycles. The van der Waals surface area contributed by atoms with E-state index in [0.29, 0.717) is 23.2 Å². The van der Waals surface area contributed by atoms with Gasteiger partial charge in [-0.15, -0.1) is 0 Å². The molecule has 0 bridgehead atoms. The number of ether oxygens (including phenoxy) is 1. The van der Waals surface area contributed by atoms with Crippen LogP contribution in [-0.4, -0.2) is 18.2 Å². The van der Waals surface area contributed by atoms with Crippen LogP contribution in [0.3, 0.4) is 0 Å². The smallest absolute Gasteiger partial charge is 0.132 e. The normalized spacial score (nSPS) is 12.1. The lowest BCUT2D eigenvalue weighted by molar-refractivity contribution is 0.434. The van der Waals surface area contributed by atoms with Crippen molar-refractivity contribution in [3.8, 4) is 5.75 Å². The van der Waals surface area contributed by atoms with Gasteiger partial charge in [0, 0.05) is 18.8 Å². The first-order valence-corrected chi connectivity index (χ1v) is 5.06. The maximum atomic E-state index is 12.2. The maximum Gasteiger partial charge on any atom is 0.132 e. The summed E-state index contributed by atoms with van der Waals surface area (Å²) in [6, 6.07) is 3.18. The molecule has 1 aromatic rings. The molecule has 0 amide bonds. The SMILES string of the molecule is NC/C=C\C(=C/CF)Oc1ccnc(Cl)c1. The fourth-order valence-electron chi connectivity index (χ4n) is 0.988. The Kier molecular flexibility index (Phi) is 5.53. The van der Waals surface area contributed by atoms with Crippen molar-refractivity contribution < 1.29 is 9.13 Å². The largest absolute Gasteiger partial charge is 0.457 e. The highest BCUT2D eigenvalue weighted by Crippen LogP contribution is 2.17. The lowest BCUT2D eigenvalue weighted by Crippen LogP contribution is -1.97. The van der Waals surface area contributed by atoms with Crippen molar-refractivity contribution in [3.05, 3.63) is 47.5 Å². The van der Waals surface area contributed by atoms with Crippen LogP contribution in [0.15, 0.2) is 42.3 Å². The van der Waals surface area contributed by atoms with Crippen LogP contribution in [0, 0.1) is 0 Å². The number of allylic oxidation sites excluding steroid dienone is 2. The molecule has 0 aromatic carbocycles. The van der Waals surface area contributed by atoms with E-state index in [4.69, 9.17) is 22.1 Å². The van der Waals surface area contributed by atoms with Gasteiger partial charge in [-0.3, -0.25) is 0 Å². The summed E-state index contributed by atoms with van der Waals surface area (Å²) < 4.78 is 17.6. The van der Waals surface area contributed by atoms with Gasteiger partial charge in [-0.1, -0.05) is 17.7 Å². The Hall–Kier alpha value is -1.39. The molecule has 0 unspecified atom stereocenters. The van der Waals surface area contributed by atoms with E-state index in [2.05, 4.69) is 4.98 Å². The Bertz CT molecular complexity index is 393. The molecule has 0 fully saturated rings. The average Bonchev–Trinajstić information content (AvgIpc) is 2.26. The van der Waals surface area contributed by atoms with Crippen LogP contribution in [0.4, 0.5) is 4.39 Å². The number of nitrogens with two attached hydrogens (primary N) is 1. The number of hydrogen-bond acceptors (Lipinski definition) is 3. The summed E-state index contributed by atoms with van der Waals surface area (Å²) in [7, 11) is 0. The van der Waals surface area contributed by atoms with Gasteiger partial charge in [0.25, 0.3) is 0 Å². The highest BCUT2D eigenvalue weighted by atomic mass is 35.5. The van der Waals surface area contributed by atoms with Crippen molar-refractivity contribution in [1.82, 2.24) is 4.98 Å². The van der Waals surface area contributed by atoms with Crippen LogP contribution in [-0.2, 0) is 0 Å². The van der Waals surface area contributed by atoms with Gasteiger partial charge in [-0.05, 0) is 18.2 Å². The molecule has 5 heteroatoms. The number of halogens is 2. The van der Waals surface area contributed by atoms with Crippen LogP contribution >= 0.6 is 11.6 Å². The van der Waals surface area contributed by atoms with Gasteiger partial charge in [0.15, 0.2) is 0 Å². The minimum Gasteiger partial charge on any atom is -0.457 e. The van der Waals surface area contributed by atoms with Crippen molar-refractivity contribution in [3.63, 3.8) is 0 Å². The molecule has 1 heterocycles. The maximum absolute atomic E-state index is 12.2. The lowest BCUT2D eigenvalue weighted by atomic mass is 10.4. The number of alkyl halides is 1. The fraction of sp³-hybridized carbons (Fsp3) is 0.182. The Morgan fingerprint density at radius 3 is 3.06 bits per heavy atom. The highest BCUT2D eigenvalue weighted by Gasteiger charge is 1.98. The third-order valence-corrected chi connectivity index (χ3v) is 1.84. The van der Waals surface area contributed by atoms with Crippen LogP contribution in [0.2, 0.25) is 5.15 Å². The monoisotopic (exact) mass is 242 g/mol. The predicted octanol–water partition coefficient (Wildman–Crippen LogP) is 2.48. The number of nitrogens with zero attached hydrogens (tertiary/aromatic N) is 1. The van der Waals surface area contributed by atoms with Gasteiger partial charge in [-0.25, -0.2) is 9.37 Å². The molecule has 0 saturated carbocycles. The van der Waals surface area contributed by atoms with E-state index in [1.54, 1.807) is 24.3 Å². The summed E-state index contributed by atoms with van der Waals surface area (Å²) in [5.41, 5.74) is 5.30. The minimum atomic E-state index is -0.608. The van der Waals surface area contributed by atoms with Crippen molar-refractivity contribution in [2.45, 2.75) is 0 Å². The van der Waals surface area contributed by atoms with Crippen LogP contribution < -0.4 is 10.5 Å². The first-order valence-electron chi connectivity index (χ1n) is 4.68. The van der Waals surface area contributed by atoms with Gasteiger partial charge in [0.2, 0.25) is 0 Å². The molecule has 0 aliphatic heterocycles. The number of rotatable bonds is 5. The van der Waals surface area contributed by atoms with Gasteiger partial charge in [-0.2, -0.15) is 0 Å². The average molecular weight is 243 g/mol. The lowest BCUT2D eigenvalue weighted by Gasteiger charge is -2.05. The van der Waals surface area contributed by atoms with E-state index in [0.717, 1.165) is 0 Å². The van der Waals surface area contributed by atoms with E-state index in [-0.39, 0.29) is 0 Å². The predicted molar refractivity (Wildman–Crippen MR) is 62.1 cm³/mol. The molecule has 16 heavy (non-hydrogen) atoms. The Labute approximate surface area is 98.4 Å². The molecule has 1 aromatic heterocycles. The summed E-state index contributed by atoms with van der Waals surface area (Å²) in [6.45, 7) is -0.243. The highest BCUT2D eigenvalue weighted by molar-refractivity contribution is 6.29. The number of pyridine rings is 1. The summed E-state index contributed by atoms with van der Waals surface area (Å²) in [6.07, 6.45) is 6.09. The van der Waals surface area contributed by atoms with Crippen molar-refractivity contribution in [2.75, 3.05) is 13.2 Å². The number of hydrogen-bond donors (Lipinski definition) is 1. The molecular weight excluding hydrogens is 231 g/mol. The second-order valence-corrected chi connectivity index (χ2v) is 3.20. The third kappa shape index (κ3) is 4.42. The van der Waals surface area contributed by atoms with Crippen molar-refractivity contribution >= 4 is 11.6 Å². The Balaban J connectivity index is 2.76. The van der Waals surface area contributed by atoms with Gasteiger partial charge in [0.05, 0.1) is 0 Å². The van der Waals surface area contributed by atoms with Gasteiger partial charge in [0.1, 0.15) is 23.3 Å². The zero-order valence-corrected chi connectivity index (χ0v) is 9.32. The van der Waals surface area contributed by atoms with Crippen molar-refractivity contribution in [1.29, 1.82) is 0 Å². The van der Waals surface area contributed by atoms with Crippen molar-refractivity contribution in [2.24, 2.45) is 5.73 Å². The molecule has 1 rings (SSSR count). The molecular formula is C11H12ClFN2O. The van der Waals surface area contributed by atoms with Crippen LogP contribution in [0.1, 0.15) is 0 Å². The molecule has 3 nitrogen and oxygen atoms in total. The van der Waals surface area contributed by atoms with E-state index in [1.165, 1.54) is 12.3 Å². The summed E-state index contributed by atoms with van der Waals surface area (Å²) >= 11 is 5.69. The standard InChI is InChI=1S/C11H12ClFN2O/c12-11-8-10(4-7-15-11)16-9(3-5-13)2-1-6-14/h1-4,7-8H,5-6,14H2/b2-1-,9-3+. The summed E-state index contributed by atoms with van der Waals surface area (Å²) in [4.78, 5) is 3.81. The molecule has 0 atom stereocenters. The number of aromatic nitrogens is 1. The van der Waals surface area contributed by atoms with E-state index in [9.17, 15) is 4.39 Å². The van der Waals surface area contributed by atoms with Gasteiger partial charge < -0.3 is 10.5 Å². The first kappa shape index (κ1) is 12.7. The molecule has 86 valence electrons. The topological polar surface area (TPSA) is 48.1 Å². The first-order chi connectivity index (χ1) is 7.76. The second kappa shape index (κ2) is 6.98. The van der Waals surface area contributed by atoms with E-state index >= 15 is 0 Å². The zero-order valence-electron chi connectivity index (χ0n) is 8.57. The Morgan fingerprint density at radius 1 is 1.62 bits per heavy atom. The Morgan fingerprint density at radius 2 is 2.44 bits per heavy atom. The minimum absolute atomic E-state index is 0.319. The summed E-state index contributed by atoms with van der Waals surface area (Å²) in [5.74, 6) is 0.886. The van der Waals surface area contributed by atoms with Gasteiger partial charge >= 0.3 is 0 Å². The molecule has 2 N–H and O–H groups in total. The van der Waals surface area contributed by atoms with E-state index in [1.807, 2.05) is 0 Å². The summed E-state index contributed by atoms with van der Waals surface area (Å²) in [5, 5.41) is 0.319. The zero-order chi connectivity index (χ0) is 11.8. The molecule has 0 aliphatic carbocycles. The third-order valence-electron chi connectivity index (χ3n) is 1.63. The second-order valence-electron chi connectivity index (χ2n) is 2.82. The van der Waals surface area contributed by atoms with Crippen LogP contribution in [0.25, 0.3) is 0 Å².